The molecule has 0 heterocycles. The summed E-state index contributed by atoms with van der Waals surface area (Å²) in [5.41, 5.74) is 2.51. The molecule has 1 aromatic carbocycles. The van der Waals surface area contributed by atoms with E-state index in [1.807, 2.05) is 6.07 Å². The first kappa shape index (κ1) is 12.4. The van der Waals surface area contributed by atoms with Crippen molar-refractivity contribution in [3.8, 4) is 5.75 Å². The van der Waals surface area contributed by atoms with Gasteiger partial charge in [0.2, 0.25) is 0 Å². The van der Waals surface area contributed by atoms with Gasteiger partial charge in [-0.15, -0.1) is 0 Å². The maximum atomic E-state index is 10.2. The van der Waals surface area contributed by atoms with Crippen LogP contribution in [0.3, 0.4) is 0 Å². The van der Waals surface area contributed by atoms with Crippen molar-refractivity contribution in [2.75, 3.05) is 7.11 Å². The fraction of sp³-hybridized carbons (Fsp3) is 0.600. The summed E-state index contributed by atoms with van der Waals surface area (Å²) in [5, 5.41) is 10.2. The van der Waals surface area contributed by atoms with Crippen molar-refractivity contribution in [1.29, 1.82) is 0 Å². The van der Waals surface area contributed by atoms with Gasteiger partial charge in [0, 0.05) is 11.5 Å². The quantitative estimate of drug-likeness (QED) is 0.851. The minimum atomic E-state index is -0.249. The van der Waals surface area contributed by atoms with E-state index < -0.39 is 0 Å². The zero-order chi connectivity index (χ0) is 12.6. The Morgan fingerprint density at radius 2 is 2.06 bits per heavy atom. The van der Waals surface area contributed by atoms with Crippen LogP contribution in [-0.2, 0) is 0 Å². The van der Waals surface area contributed by atoms with Crippen LogP contribution in [0.15, 0.2) is 18.2 Å². The van der Waals surface area contributed by atoms with Crippen LogP contribution in [0, 0.1) is 12.3 Å². The van der Waals surface area contributed by atoms with E-state index in [0.717, 1.165) is 24.2 Å². The molecule has 0 saturated heterocycles. The lowest BCUT2D eigenvalue weighted by Gasteiger charge is -2.30. The molecule has 2 rings (SSSR count). The van der Waals surface area contributed by atoms with Crippen molar-refractivity contribution in [1.82, 2.24) is 0 Å². The van der Waals surface area contributed by atoms with Gasteiger partial charge in [0.05, 0.1) is 13.2 Å². The minimum Gasteiger partial charge on any atom is -0.496 e. The molecular weight excluding hydrogens is 212 g/mol. The molecule has 0 bridgehead atoms. The summed E-state index contributed by atoms with van der Waals surface area (Å²) in [7, 11) is 1.70. The lowest BCUT2D eigenvalue weighted by Crippen LogP contribution is -2.23. The summed E-state index contributed by atoms with van der Waals surface area (Å²) in [5.74, 6) is 1.08. The fourth-order valence-electron chi connectivity index (χ4n) is 3.09. The number of hydrogen-bond acceptors (Lipinski definition) is 2. The number of aliphatic hydroxyl groups is 1. The Balaban J connectivity index is 2.48. The van der Waals surface area contributed by atoms with Crippen LogP contribution in [-0.4, -0.2) is 18.3 Å². The van der Waals surface area contributed by atoms with Gasteiger partial charge >= 0.3 is 0 Å². The van der Waals surface area contributed by atoms with Crippen LogP contribution in [0.25, 0.3) is 0 Å². The first-order valence-corrected chi connectivity index (χ1v) is 6.28. The SMILES string of the molecule is COc1ccc(C)cc1[C@H]1[C@H](O)CCC1(C)C. The second-order valence-electron chi connectivity index (χ2n) is 5.82. The molecule has 0 aliphatic heterocycles. The molecule has 0 spiro atoms. The van der Waals surface area contributed by atoms with Gasteiger partial charge in [-0.25, -0.2) is 0 Å². The zero-order valence-electron chi connectivity index (χ0n) is 11.2. The highest BCUT2D eigenvalue weighted by Gasteiger charge is 2.43. The predicted molar refractivity (Wildman–Crippen MR) is 69.5 cm³/mol. The molecule has 0 unspecified atom stereocenters. The summed E-state index contributed by atoms with van der Waals surface area (Å²) >= 11 is 0. The third-order valence-corrected chi connectivity index (χ3v) is 4.03. The van der Waals surface area contributed by atoms with Gasteiger partial charge in [0.1, 0.15) is 5.75 Å². The largest absolute Gasteiger partial charge is 0.496 e. The normalized spacial score (nSPS) is 27.1. The maximum absolute atomic E-state index is 10.2. The van der Waals surface area contributed by atoms with Crippen molar-refractivity contribution in [3.05, 3.63) is 29.3 Å². The van der Waals surface area contributed by atoms with Crippen LogP contribution >= 0.6 is 0 Å². The average molecular weight is 234 g/mol. The molecule has 2 nitrogen and oxygen atoms in total. The van der Waals surface area contributed by atoms with Crippen LogP contribution in [0.4, 0.5) is 0 Å². The first-order chi connectivity index (χ1) is 7.95. The summed E-state index contributed by atoms with van der Waals surface area (Å²) in [6, 6.07) is 6.21. The van der Waals surface area contributed by atoms with Gasteiger partial charge in [-0.3, -0.25) is 0 Å². The zero-order valence-corrected chi connectivity index (χ0v) is 11.2. The van der Waals surface area contributed by atoms with Crippen LogP contribution in [0.5, 0.6) is 5.75 Å². The molecule has 0 amide bonds. The molecule has 2 atom stereocenters. The standard InChI is InChI=1S/C15H22O2/c1-10-5-6-13(17-4)11(9-10)14-12(16)7-8-15(14,2)3/h5-6,9,12,14,16H,7-8H2,1-4H3/t12-,14+/m1/s1. The molecule has 1 aromatic rings. The Labute approximate surface area is 104 Å². The smallest absolute Gasteiger partial charge is 0.122 e. The Hall–Kier alpha value is -1.02. The highest BCUT2D eigenvalue weighted by atomic mass is 16.5. The molecule has 2 heteroatoms. The monoisotopic (exact) mass is 234 g/mol. The number of benzene rings is 1. The third kappa shape index (κ3) is 2.19. The first-order valence-electron chi connectivity index (χ1n) is 6.28. The topological polar surface area (TPSA) is 29.5 Å². The number of aliphatic hydroxyl groups excluding tert-OH is 1. The number of hydrogen-bond donors (Lipinski definition) is 1. The van der Waals surface area contributed by atoms with Crippen molar-refractivity contribution in [3.63, 3.8) is 0 Å². The highest BCUT2D eigenvalue weighted by molar-refractivity contribution is 5.41. The van der Waals surface area contributed by atoms with Crippen LogP contribution < -0.4 is 4.74 Å². The number of aryl methyl sites for hydroxylation is 1. The Morgan fingerprint density at radius 3 is 2.59 bits per heavy atom. The second kappa shape index (κ2) is 4.34. The summed E-state index contributed by atoms with van der Waals surface area (Å²) in [6.45, 7) is 6.54. The highest BCUT2D eigenvalue weighted by Crippen LogP contribution is 2.51. The van der Waals surface area contributed by atoms with Crippen molar-refractivity contribution >= 4 is 0 Å². The van der Waals surface area contributed by atoms with E-state index in [1.165, 1.54) is 5.56 Å². The third-order valence-electron chi connectivity index (χ3n) is 4.03. The summed E-state index contributed by atoms with van der Waals surface area (Å²) in [4.78, 5) is 0. The van der Waals surface area contributed by atoms with E-state index in [2.05, 4.69) is 32.9 Å². The van der Waals surface area contributed by atoms with Gasteiger partial charge in [0.15, 0.2) is 0 Å². The molecular formula is C15H22O2. The van der Waals surface area contributed by atoms with E-state index in [-0.39, 0.29) is 17.4 Å². The van der Waals surface area contributed by atoms with Crippen LogP contribution in [0.2, 0.25) is 0 Å². The average Bonchev–Trinajstić information content (AvgIpc) is 2.53. The van der Waals surface area contributed by atoms with E-state index in [1.54, 1.807) is 7.11 Å². The number of rotatable bonds is 2. The molecule has 1 aliphatic carbocycles. The van der Waals surface area contributed by atoms with Crippen molar-refractivity contribution in [2.45, 2.75) is 45.6 Å². The van der Waals surface area contributed by atoms with Crippen LogP contribution in [0.1, 0.15) is 43.7 Å². The van der Waals surface area contributed by atoms with E-state index in [0.29, 0.717) is 0 Å². The van der Waals surface area contributed by atoms with Crippen molar-refractivity contribution in [2.24, 2.45) is 5.41 Å². The molecule has 1 N–H and O–H groups in total. The van der Waals surface area contributed by atoms with Gasteiger partial charge in [-0.2, -0.15) is 0 Å². The van der Waals surface area contributed by atoms with Gasteiger partial charge < -0.3 is 9.84 Å². The summed E-state index contributed by atoms with van der Waals surface area (Å²) < 4.78 is 5.44. The fourth-order valence-corrected chi connectivity index (χ4v) is 3.09. The molecule has 0 aromatic heterocycles. The second-order valence-corrected chi connectivity index (χ2v) is 5.82. The maximum Gasteiger partial charge on any atom is 0.122 e. The Kier molecular flexibility index (Phi) is 3.17. The molecule has 17 heavy (non-hydrogen) atoms. The van der Waals surface area contributed by atoms with E-state index in [4.69, 9.17) is 4.74 Å². The lowest BCUT2D eigenvalue weighted by atomic mass is 9.76. The van der Waals surface area contributed by atoms with E-state index in [9.17, 15) is 5.11 Å². The Bertz CT molecular complexity index is 409. The Morgan fingerprint density at radius 1 is 1.35 bits per heavy atom. The van der Waals surface area contributed by atoms with E-state index >= 15 is 0 Å². The summed E-state index contributed by atoms with van der Waals surface area (Å²) in [6.07, 6.45) is 1.70. The molecule has 1 saturated carbocycles. The molecule has 0 radical (unpaired) electrons. The van der Waals surface area contributed by atoms with Gasteiger partial charge in [-0.1, -0.05) is 31.5 Å². The molecule has 1 fully saturated rings. The number of ether oxygens (including phenoxy) is 1. The van der Waals surface area contributed by atoms with Gasteiger partial charge in [-0.05, 0) is 31.2 Å². The van der Waals surface area contributed by atoms with Gasteiger partial charge in [0.25, 0.3) is 0 Å². The van der Waals surface area contributed by atoms with Crippen molar-refractivity contribution < 1.29 is 9.84 Å². The lowest BCUT2D eigenvalue weighted by molar-refractivity contribution is 0.137. The minimum absolute atomic E-state index is 0.139. The molecule has 1 aliphatic rings. The predicted octanol–water partition coefficient (Wildman–Crippen LogP) is 3.27. The number of methoxy groups -OCH3 is 1. The molecule has 94 valence electrons.